The number of ether oxygens (including phenoxy) is 3. The lowest BCUT2D eigenvalue weighted by molar-refractivity contribution is -0.261. The highest BCUT2D eigenvalue weighted by Gasteiger charge is 2.55. The third-order valence-corrected chi connectivity index (χ3v) is 3.77. The minimum absolute atomic E-state index is 0.0105. The monoisotopic (exact) mass is 299 g/mol. The van der Waals surface area contributed by atoms with Crippen LogP contribution in [-0.2, 0) is 28.6 Å². The maximum absolute atomic E-state index is 12.1. The Kier molecular flexibility index (Phi) is 4.51. The van der Waals surface area contributed by atoms with Crippen LogP contribution in [0.5, 0.6) is 0 Å². The van der Waals surface area contributed by atoms with Crippen molar-refractivity contribution in [3.8, 4) is 0 Å². The minimum atomic E-state index is -0.616. The predicted molar refractivity (Wildman–Crippen MR) is 70.9 cm³/mol. The van der Waals surface area contributed by atoms with Crippen LogP contribution >= 0.6 is 0 Å². The summed E-state index contributed by atoms with van der Waals surface area (Å²) in [5.41, 5.74) is 0. The molecule has 0 spiro atoms. The number of amides is 1. The minimum Gasteiger partial charge on any atom is -0.463 e. The fraction of sp³-hybridized carbons (Fsp3) is 0.786. The van der Waals surface area contributed by atoms with Crippen LogP contribution in [0.15, 0.2) is 0 Å². The molecule has 7 nitrogen and oxygen atoms in total. The molecule has 1 amide bonds. The molecule has 118 valence electrons. The van der Waals surface area contributed by atoms with Gasteiger partial charge in [0.05, 0.1) is 12.5 Å². The highest BCUT2D eigenvalue weighted by Crippen LogP contribution is 2.38. The number of nitrogens with zero attached hydrogens (tertiary/aromatic N) is 1. The average molecular weight is 299 g/mol. The van der Waals surface area contributed by atoms with Crippen LogP contribution in [-0.4, -0.2) is 54.3 Å². The van der Waals surface area contributed by atoms with Crippen LogP contribution in [0, 0.1) is 11.8 Å². The van der Waals surface area contributed by atoms with E-state index >= 15 is 0 Å². The number of rotatable bonds is 4. The van der Waals surface area contributed by atoms with Gasteiger partial charge in [-0.25, -0.2) is 0 Å². The molecule has 2 heterocycles. The summed E-state index contributed by atoms with van der Waals surface area (Å²) in [6.45, 7) is 6.81. The molecule has 0 radical (unpaired) electrons. The molecule has 0 unspecified atom stereocenters. The number of fused-ring (bicyclic) bond motifs is 1. The van der Waals surface area contributed by atoms with E-state index < -0.39 is 24.1 Å². The lowest BCUT2D eigenvalue weighted by Gasteiger charge is -2.54. The summed E-state index contributed by atoms with van der Waals surface area (Å²) in [5, 5.41) is 0. The quantitative estimate of drug-likeness (QED) is 0.549. The van der Waals surface area contributed by atoms with Crippen molar-refractivity contribution in [2.45, 2.75) is 46.1 Å². The van der Waals surface area contributed by atoms with Gasteiger partial charge in [-0.1, -0.05) is 13.8 Å². The van der Waals surface area contributed by atoms with Crippen molar-refractivity contribution >= 4 is 17.8 Å². The van der Waals surface area contributed by atoms with E-state index in [4.69, 9.17) is 14.2 Å². The number of carbonyl (C=O) groups excluding carboxylic acids is 3. The molecule has 7 heteroatoms. The molecule has 0 aromatic heterocycles. The molecule has 2 aliphatic rings. The first-order valence-corrected chi connectivity index (χ1v) is 7.07. The molecule has 0 aromatic carbocycles. The fourth-order valence-electron chi connectivity index (χ4n) is 2.77. The molecule has 0 N–H and O–H groups in total. The second-order valence-corrected chi connectivity index (χ2v) is 5.78. The SMILES string of the molecule is CC(=O)OC[C@H]1O[C@@H]2[C@@H](C(C)C)C(=O)N2C[C@@H]1OC(C)=O. The summed E-state index contributed by atoms with van der Waals surface area (Å²) in [5.74, 6) is -0.893. The van der Waals surface area contributed by atoms with Crippen LogP contribution < -0.4 is 0 Å². The number of carbonyl (C=O) groups is 3. The zero-order valence-electron chi connectivity index (χ0n) is 12.7. The predicted octanol–water partition coefficient (Wildman–Crippen LogP) is 0.320. The summed E-state index contributed by atoms with van der Waals surface area (Å²) in [6.07, 6.45) is -1.49. The Labute approximate surface area is 123 Å². The summed E-state index contributed by atoms with van der Waals surface area (Å²) < 4.78 is 16.0. The maximum atomic E-state index is 12.1. The molecule has 21 heavy (non-hydrogen) atoms. The second-order valence-electron chi connectivity index (χ2n) is 5.78. The molecule has 2 aliphatic heterocycles. The van der Waals surface area contributed by atoms with Gasteiger partial charge in [0.1, 0.15) is 25.0 Å². The van der Waals surface area contributed by atoms with Gasteiger partial charge in [0.25, 0.3) is 0 Å². The number of hydrogen-bond acceptors (Lipinski definition) is 6. The van der Waals surface area contributed by atoms with E-state index in [1.807, 2.05) is 13.8 Å². The van der Waals surface area contributed by atoms with Crippen molar-refractivity contribution < 1.29 is 28.6 Å². The summed E-state index contributed by atoms with van der Waals surface area (Å²) >= 11 is 0. The van der Waals surface area contributed by atoms with Gasteiger partial charge in [0, 0.05) is 13.8 Å². The first-order chi connectivity index (χ1) is 9.81. The fourth-order valence-corrected chi connectivity index (χ4v) is 2.77. The van der Waals surface area contributed by atoms with E-state index in [1.165, 1.54) is 13.8 Å². The van der Waals surface area contributed by atoms with Crippen LogP contribution in [0.1, 0.15) is 27.7 Å². The van der Waals surface area contributed by atoms with Gasteiger partial charge in [-0.2, -0.15) is 0 Å². The Morgan fingerprint density at radius 1 is 1.33 bits per heavy atom. The Balaban J connectivity index is 2.07. The zero-order valence-corrected chi connectivity index (χ0v) is 12.7. The molecule has 0 aromatic rings. The maximum Gasteiger partial charge on any atom is 0.303 e. The normalized spacial score (nSPS) is 31.5. The lowest BCUT2D eigenvalue weighted by Crippen LogP contribution is -2.71. The first-order valence-electron chi connectivity index (χ1n) is 7.07. The standard InChI is InChI=1S/C14H21NO6/c1-7(2)12-13(18)15-5-10(20-9(4)17)11(21-14(12)15)6-19-8(3)16/h7,10-12,14H,5-6H2,1-4H3/t10-,11+,12-,14+/m0/s1. The van der Waals surface area contributed by atoms with Gasteiger partial charge in [-0.15, -0.1) is 0 Å². The van der Waals surface area contributed by atoms with Crippen molar-refractivity contribution in [3.05, 3.63) is 0 Å². The molecular weight excluding hydrogens is 278 g/mol. The topological polar surface area (TPSA) is 82.1 Å². The summed E-state index contributed by atoms with van der Waals surface area (Å²) in [7, 11) is 0. The zero-order chi connectivity index (χ0) is 15.7. The van der Waals surface area contributed by atoms with Gasteiger partial charge in [-0.3, -0.25) is 14.4 Å². The van der Waals surface area contributed by atoms with Crippen molar-refractivity contribution in [1.82, 2.24) is 4.90 Å². The van der Waals surface area contributed by atoms with Gasteiger partial charge < -0.3 is 19.1 Å². The lowest BCUT2D eigenvalue weighted by atomic mass is 9.83. The molecule has 2 rings (SSSR count). The largest absolute Gasteiger partial charge is 0.463 e. The van der Waals surface area contributed by atoms with E-state index in [1.54, 1.807) is 4.90 Å². The number of hydrogen-bond donors (Lipinski definition) is 0. The van der Waals surface area contributed by atoms with E-state index in [2.05, 4.69) is 0 Å². The smallest absolute Gasteiger partial charge is 0.303 e. The van der Waals surface area contributed by atoms with Crippen LogP contribution in [0.25, 0.3) is 0 Å². The Morgan fingerprint density at radius 2 is 2.00 bits per heavy atom. The Bertz CT molecular complexity index is 449. The van der Waals surface area contributed by atoms with Crippen molar-refractivity contribution in [1.29, 1.82) is 0 Å². The van der Waals surface area contributed by atoms with Gasteiger partial charge in [-0.05, 0) is 5.92 Å². The summed E-state index contributed by atoms with van der Waals surface area (Å²) in [6, 6.07) is 0. The number of β-lactam (4-membered cyclic amide) rings is 1. The molecule has 0 saturated carbocycles. The molecule has 0 aliphatic carbocycles. The van der Waals surface area contributed by atoms with Crippen LogP contribution in [0.2, 0.25) is 0 Å². The molecule has 0 bridgehead atoms. The first kappa shape index (κ1) is 15.8. The van der Waals surface area contributed by atoms with E-state index in [0.717, 1.165) is 0 Å². The van der Waals surface area contributed by atoms with E-state index in [9.17, 15) is 14.4 Å². The molecular formula is C14H21NO6. The van der Waals surface area contributed by atoms with E-state index in [-0.39, 0.29) is 37.1 Å². The number of esters is 2. The van der Waals surface area contributed by atoms with Gasteiger partial charge in [0.2, 0.25) is 5.91 Å². The van der Waals surface area contributed by atoms with Crippen molar-refractivity contribution in [3.63, 3.8) is 0 Å². The third-order valence-electron chi connectivity index (χ3n) is 3.77. The second kappa shape index (κ2) is 6.01. The van der Waals surface area contributed by atoms with Crippen molar-refractivity contribution in [2.24, 2.45) is 11.8 Å². The van der Waals surface area contributed by atoms with Crippen LogP contribution in [0.3, 0.4) is 0 Å². The van der Waals surface area contributed by atoms with Crippen molar-refractivity contribution in [2.75, 3.05) is 13.2 Å². The average Bonchev–Trinajstić information content (AvgIpc) is 2.36. The highest BCUT2D eigenvalue weighted by molar-refractivity contribution is 5.86. The van der Waals surface area contributed by atoms with Gasteiger partial charge >= 0.3 is 11.9 Å². The third kappa shape index (κ3) is 3.18. The van der Waals surface area contributed by atoms with Gasteiger partial charge in [0.15, 0.2) is 0 Å². The molecule has 4 atom stereocenters. The Morgan fingerprint density at radius 3 is 2.52 bits per heavy atom. The summed E-state index contributed by atoms with van der Waals surface area (Å²) in [4.78, 5) is 35.8. The van der Waals surface area contributed by atoms with Crippen LogP contribution in [0.4, 0.5) is 0 Å². The molecule has 2 fully saturated rings. The highest BCUT2D eigenvalue weighted by atomic mass is 16.6. The Hall–Kier alpha value is -1.63. The molecule has 2 saturated heterocycles. The van der Waals surface area contributed by atoms with E-state index in [0.29, 0.717) is 0 Å².